The largest absolute Gasteiger partial charge is 0.488 e. The SMILES string of the molecule is CNCc1c(C)c(-c2cc(OCC(O)c3ccc(F)cn3)c3c(C#N)cnn3c2)nn1C. The van der Waals surface area contributed by atoms with Crippen LogP contribution in [0.4, 0.5) is 4.39 Å². The number of aryl methyl sites for hydroxylation is 1. The standard InChI is InChI=1S/C22H22FN7O2/c1-13-18(10-25-2)29(3)28-21(13)14-6-20(22-15(7-24)8-27-30(22)11-14)32-12-19(31)17-5-4-16(23)9-26-17/h4-6,8-9,11,19,25,31H,10,12H2,1-3H3. The smallest absolute Gasteiger partial charge is 0.147 e. The van der Waals surface area contributed by atoms with E-state index in [9.17, 15) is 14.8 Å². The van der Waals surface area contributed by atoms with Gasteiger partial charge in [0.25, 0.3) is 0 Å². The molecular weight excluding hydrogens is 413 g/mol. The van der Waals surface area contributed by atoms with Crippen LogP contribution in [0.3, 0.4) is 0 Å². The normalized spacial score (nSPS) is 12.1. The van der Waals surface area contributed by atoms with E-state index < -0.39 is 11.9 Å². The Labute approximate surface area is 183 Å². The predicted molar refractivity (Wildman–Crippen MR) is 114 cm³/mol. The first-order chi connectivity index (χ1) is 15.4. The summed E-state index contributed by atoms with van der Waals surface area (Å²) in [6.45, 7) is 2.52. The molecule has 0 amide bonds. The van der Waals surface area contributed by atoms with Gasteiger partial charge < -0.3 is 15.2 Å². The van der Waals surface area contributed by atoms with Crippen molar-refractivity contribution in [2.75, 3.05) is 13.7 Å². The van der Waals surface area contributed by atoms with Crippen LogP contribution < -0.4 is 10.1 Å². The number of fused-ring (bicyclic) bond motifs is 1. The zero-order valence-electron chi connectivity index (χ0n) is 17.9. The molecule has 0 fully saturated rings. The molecule has 0 bridgehead atoms. The minimum absolute atomic E-state index is 0.139. The van der Waals surface area contributed by atoms with Gasteiger partial charge in [0.05, 0.1) is 29.5 Å². The third kappa shape index (κ3) is 3.91. The van der Waals surface area contributed by atoms with Crippen molar-refractivity contribution in [1.29, 1.82) is 5.26 Å². The van der Waals surface area contributed by atoms with Gasteiger partial charge in [-0.1, -0.05) is 0 Å². The Hall–Kier alpha value is -3.81. The van der Waals surface area contributed by atoms with E-state index in [1.165, 1.54) is 18.3 Å². The lowest BCUT2D eigenvalue weighted by Gasteiger charge is -2.14. The highest BCUT2D eigenvalue weighted by Gasteiger charge is 2.19. The molecule has 9 nitrogen and oxygen atoms in total. The number of rotatable bonds is 7. The molecule has 164 valence electrons. The maximum Gasteiger partial charge on any atom is 0.147 e. The highest BCUT2D eigenvalue weighted by molar-refractivity contribution is 5.75. The maximum absolute atomic E-state index is 13.1. The fourth-order valence-electron chi connectivity index (χ4n) is 3.60. The molecule has 0 aliphatic carbocycles. The van der Waals surface area contributed by atoms with E-state index >= 15 is 0 Å². The van der Waals surface area contributed by atoms with Gasteiger partial charge >= 0.3 is 0 Å². The van der Waals surface area contributed by atoms with Crippen LogP contribution in [0.2, 0.25) is 0 Å². The van der Waals surface area contributed by atoms with Gasteiger partial charge in [-0.3, -0.25) is 9.67 Å². The molecular formula is C22H22FN7O2. The Morgan fingerprint density at radius 2 is 2.16 bits per heavy atom. The van der Waals surface area contributed by atoms with Crippen LogP contribution in [0.25, 0.3) is 16.8 Å². The van der Waals surface area contributed by atoms with E-state index in [0.29, 0.717) is 23.4 Å². The number of ether oxygens (including phenoxy) is 1. The van der Waals surface area contributed by atoms with Gasteiger partial charge in [0, 0.05) is 25.4 Å². The van der Waals surface area contributed by atoms with Crippen LogP contribution in [0.15, 0.2) is 36.8 Å². The first-order valence-electron chi connectivity index (χ1n) is 9.94. The molecule has 0 saturated carbocycles. The molecule has 10 heteroatoms. The fraction of sp³-hybridized carbons (Fsp3) is 0.273. The highest BCUT2D eigenvalue weighted by atomic mass is 19.1. The number of aromatic nitrogens is 5. The summed E-state index contributed by atoms with van der Waals surface area (Å²) in [4.78, 5) is 3.89. The second kappa shape index (κ2) is 8.74. The average molecular weight is 435 g/mol. The van der Waals surface area contributed by atoms with Crippen LogP contribution in [-0.2, 0) is 13.6 Å². The van der Waals surface area contributed by atoms with Crippen molar-refractivity contribution in [2.24, 2.45) is 7.05 Å². The van der Waals surface area contributed by atoms with Crippen LogP contribution in [0.5, 0.6) is 5.75 Å². The monoisotopic (exact) mass is 435 g/mol. The Morgan fingerprint density at radius 3 is 2.84 bits per heavy atom. The summed E-state index contributed by atoms with van der Waals surface area (Å²) in [6, 6.07) is 6.51. The molecule has 0 spiro atoms. The third-order valence-corrected chi connectivity index (χ3v) is 5.23. The quantitative estimate of drug-likeness (QED) is 0.458. The number of hydrogen-bond acceptors (Lipinski definition) is 7. The molecule has 0 aliphatic heterocycles. The number of hydrogen-bond donors (Lipinski definition) is 2. The Morgan fingerprint density at radius 1 is 1.34 bits per heavy atom. The summed E-state index contributed by atoms with van der Waals surface area (Å²) >= 11 is 0. The molecule has 4 aromatic rings. The molecule has 1 atom stereocenters. The van der Waals surface area contributed by atoms with Gasteiger partial charge in [-0.25, -0.2) is 8.91 Å². The number of aliphatic hydroxyl groups excluding tert-OH is 1. The van der Waals surface area contributed by atoms with Crippen molar-refractivity contribution < 1.29 is 14.2 Å². The van der Waals surface area contributed by atoms with E-state index in [4.69, 9.17) is 4.74 Å². The van der Waals surface area contributed by atoms with Crippen LogP contribution in [0, 0.1) is 24.1 Å². The fourth-order valence-corrected chi connectivity index (χ4v) is 3.60. The van der Waals surface area contributed by atoms with E-state index in [2.05, 4.69) is 26.6 Å². The first-order valence-corrected chi connectivity index (χ1v) is 9.94. The third-order valence-electron chi connectivity index (χ3n) is 5.23. The molecule has 32 heavy (non-hydrogen) atoms. The Balaban J connectivity index is 1.73. The minimum atomic E-state index is -1.08. The maximum atomic E-state index is 13.1. The summed E-state index contributed by atoms with van der Waals surface area (Å²) in [5, 5.41) is 32.0. The van der Waals surface area contributed by atoms with Crippen LogP contribution >= 0.6 is 0 Å². The Kier molecular flexibility index (Phi) is 5.85. The van der Waals surface area contributed by atoms with Crippen molar-refractivity contribution in [3.05, 3.63) is 65.1 Å². The summed E-state index contributed by atoms with van der Waals surface area (Å²) in [5.41, 5.74) is 4.68. The van der Waals surface area contributed by atoms with Crippen LogP contribution in [-0.4, -0.2) is 43.1 Å². The predicted octanol–water partition coefficient (Wildman–Crippen LogP) is 2.28. The molecule has 0 radical (unpaired) electrons. The topological polar surface area (TPSA) is 113 Å². The Bertz CT molecular complexity index is 1300. The van der Waals surface area contributed by atoms with E-state index in [1.807, 2.05) is 25.7 Å². The lowest BCUT2D eigenvalue weighted by Crippen LogP contribution is -2.12. The highest BCUT2D eigenvalue weighted by Crippen LogP contribution is 2.32. The second-order valence-corrected chi connectivity index (χ2v) is 7.36. The molecule has 0 aromatic carbocycles. The number of nitrogens with zero attached hydrogens (tertiary/aromatic N) is 6. The van der Waals surface area contributed by atoms with Crippen LogP contribution in [0.1, 0.15) is 28.6 Å². The van der Waals surface area contributed by atoms with Crippen molar-refractivity contribution in [3.8, 4) is 23.1 Å². The average Bonchev–Trinajstić information content (AvgIpc) is 3.33. The first kappa shape index (κ1) is 21.4. The zero-order chi connectivity index (χ0) is 22.8. The molecule has 4 aromatic heterocycles. The summed E-state index contributed by atoms with van der Waals surface area (Å²) in [6.07, 6.45) is 3.21. The van der Waals surface area contributed by atoms with Crippen molar-refractivity contribution in [1.82, 2.24) is 29.7 Å². The van der Waals surface area contributed by atoms with Gasteiger partial charge in [-0.15, -0.1) is 0 Å². The summed E-state index contributed by atoms with van der Waals surface area (Å²) < 4.78 is 22.4. The number of halogens is 1. The number of nitrogens with one attached hydrogen (secondary N) is 1. The molecule has 2 N–H and O–H groups in total. The number of nitriles is 1. The summed E-state index contributed by atoms with van der Waals surface area (Å²) in [5.74, 6) is -0.115. The lowest BCUT2D eigenvalue weighted by molar-refractivity contribution is 0.105. The summed E-state index contributed by atoms with van der Waals surface area (Å²) in [7, 11) is 3.76. The van der Waals surface area contributed by atoms with Gasteiger partial charge in [0.2, 0.25) is 0 Å². The van der Waals surface area contributed by atoms with E-state index in [0.717, 1.165) is 28.7 Å². The van der Waals surface area contributed by atoms with E-state index in [1.54, 1.807) is 16.8 Å². The molecule has 1 unspecified atom stereocenters. The van der Waals surface area contributed by atoms with Gasteiger partial charge in [-0.2, -0.15) is 15.5 Å². The number of aliphatic hydroxyl groups is 1. The van der Waals surface area contributed by atoms with Crippen molar-refractivity contribution >= 4 is 5.52 Å². The minimum Gasteiger partial charge on any atom is -0.488 e. The van der Waals surface area contributed by atoms with Crippen molar-refractivity contribution in [3.63, 3.8) is 0 Å². The molecule has 4 rings (SSSR count). The molecule has 0 aliphatic rings. The lowest BCUT2D eigenvalue weighted by atomic mass is 10.1. The molecule has 0 saturated heterocycles. The zero-order valence-corrected chi connectivity index (χ0v) is 17.9. The van der Waals surface area contributed by atoms with Gasteiger partial charge in [0.15, 0.2) is 0 Å². The second-order valence-electron chi connectivity index (χ2n) is 7.36. The van der Waals surface area contributed by atoms with E-state index in [-0.39, 0.29) is 12.3 Å². The van der Waals surface area contributed by atoms with Gasteiger partial charge in [-0.05, 0) is 37.7 Å². The van der Waals surface area contributed by atoms with Crippen molar-refractivity contribution in [2.45, 2.75) is 19.6 Å². The molecule has 4 heterocycles. The van der Waals surface area contributed by atoms with Gasteiger partial charge in [0.1, 0.15) is 41.4 Å². The number of pyridine rings is 2.